The Hall–Kier alpha value is -0.377. The van der Waals surface area contributed by atoms with Gasteiger partial charge in [0.05, 0.1) is 0 Å². The molecule has 6 heteroatoms. The monoisotopic (exact) mass is 553 g/mol. The Labute approximate surface area is 199 Å². The molecule has 0 saturated carbocycles. The second kappa shape index (κ2) is 11.6. The predicted molar refractivity (Wildman–Crippen MR) is 107 cm³/mol. The van der Waals surface area contributed by atoms with Crippen molar-refractivity contribution < 1.29 is 47.5 Å². The molecule has 0 atom stereocenters. The molecule has 2 aliphatic carbocycles. The normalized spacial score (nSPS) is 12.0. The van der Waals surface area contributed by atoms with Crippen LogP contribution in [-0.4, -0.2) is 4.57 Å². The minimum absolute atomic E-state index is 0. The molecule has 0 unspecified atom stereocenters. The van der Waals surface area contributed by atoms with Crippen molar-refractivity contribution in [3.05, 3.63) is 82.4 Å². The van der Waals surface area contributed by atoms with E-state index in [0.717, 1.165) is 40.0 Å². The third-order valence-electron chi connectivity index (χ3n) is 4.39. The zero-order valence-electron chi connectivity index (χ0n) is 14.6. The molecule has 138 valence electrons. The van der Waals surface area contributed by atoms with Crippen LogP contribution in [0.15, 0.2) is 59.1 Å². The molecule has 0 bridgehead atoms. The Kier molecular flexibility index (Phi) is 10.6. The first-order valence-corrected chi connectivity index (χ1v) is 12.2. The van der Waals surface area contributed by atoms with E-state index in [9.17, 15) is 0 Å². The van der Waals surface area contributed by atoms with Crippen LogP contribution >= 0.6 is 24.8 Å². The van der Waals surface area contributed by atoms with E-state index in [2.05, 4.69) is 85.0 Å². The summed E-state index contributed by atoms with van der Waals surface area (Å²) in [6.07, 6.45) is 11.0. The number of fused-ring (bicyclic) bond motifs is 5. The van der Waals surface area contributed by atoms with E-state index < -0.39 is 0 Å². The molecule has 1 aromatic heterocycles. The molecule has 0 aliphatic heterocycles. The fraction of sp³-hybridized carbons (Fsp3) is 0.143. The molecule has 3 aromatic rings. The summed E-state index contributed by atoms with van der Waals surface area (Å²) in [5, 5.41) is 1.34. The molecule has 0 N–H and O–H groups in total. The van der Waals surface area contributed by atoms with Gasteiger partial charge in [-0.05, 0) is 24.1 Å². The number of hydrogen-bond donors (Lipinski definition) is 0. The van der Waals surface area contributed by atoms with Gasteiger partial charge in [-0.15, -0.1) is 11.8 Å². The number of aromatic nitrogens is 1. The number of halogens is 3. The zero-order chi connectivity index (χ0) is 17.8. The maximum absolute atomic E-state index is 4.17. The van der Waals surface area contributed by atoms with Crippen LogP contribution in [0.25, 0.3) is 22.2 Å². The number of aryl methyl sites for hydroxylation is 1. The van der Waals surface area contributed by atoms with Crippen molar-refractivity contribution in [3.8, 4) is 11.3 Å². The fourth-order valence-corrected chi connectivity index (χ4v) is 3.79. The van der Waals surface area contributed by atoms with Crippen molar-refractivity contribution in [2.24, 2.45) is 7.05 Å². The van der Waals surface area contributed by atoms with Crippen LogP contribution in [0.4, 0.5) is 0 Å². The first-order chi connectivity index (χ1) is 12.3. The van der Waals surface area contributed by atoms with Gasteiger partial charge in [-0.1, -0.05) is 33.1 Å². The van der Waals surface area contributed by atoms with Crippen molar-refractivity contribution in [3.63, 3.8) is 0 Å². The van der Waals surface area contributed by atoms with Crippen molar-refractivity contribution in [2.45, 2.75) is 12.8 Å². The summed E-state index contributed by atoms with van der Waals surface area (Å²) in [6, 6.07) is 16.2. The topological polar surface area (TPSA) is 4.93 Å². The van der Waals surface area contributed by atoms with Gasteiger partial charge in [-0.25, -0.2) is 12.2 Å². The van der Waals surface area contributed by atoms with Crippen LogP contribution in [0.1, 0.15) is 17.5 Å². The third kappa shape index (κ3) is 5.16. The Morgan fingerprint density at radius 2 is 1.96 bits per heavy atom. The van der Waals surface area contributed by atoms with E-state index in [1.165, 1.54) is 33.3 Å². The number of nitrogens with zero attached hydrogens (tertiary/aromatic N) is 1. The van der Waals surface area contributed by atoms with Crippen LogP contribution in [0, 0.1) is 12.1 Å². The molecule has 0 radical (unpaired) electrons. The number of rotatable bonds is 0. The molecule has 0 amide bonds. The van der Waals surface area contributed by atoms with Gasteiger partial charge in [0, 0.05) is 22.8 Å². The Morgan fingerprint density at radius 1 is 1.19 bits per heavy atom. The van der Waals surface area contributed by atoms with Crippen LogP contribution < -0.4 is 24.8 Å². The van der Waals surface area contributed by atoms with Gasteiger partial charge in [0.15, 0.2) is 0 Å². The van der Waals surface area contributed by atoms with E-state index in [1.54, 1.807) is 0 Å². The van der Waals surface area contributed by atoms with Gasteiger partial charge >= 0.3 is 31.5 Å². The van der Waals surface area contributed by atoms with Crippen LogP contribution in [0.3, 0.4) is 0 Å². The van der Waals surface area contributed by atoms with Crippen molar-refractivity contribution in [1.29, 1.82) is 0 Å². The van der Waals surface area contributed by atoms with E-state index >= 15 is 0 Å². The first kappa shape index (κ1) is 24.7. The maximum atomic E-state index is 4.17. The molecule has 5 rings (SSSR count). The van der Waals surface area contributed by atoms with Crippen molar-refractivity contribution in [1.82, 2.24) is 4.57 Å². The van der Waals surface area contributed by atoms with Crippen LogP contribution in [0.5, 0.6) is 0 Å². The summed E-state index contributed by atoms with van der Waals surface area (Å²) in [5.41, 5.74) is 6.78. The SMILES string of the molecule is Cn1c2c(c3ccc[c-]c31)Cc1cc(Br)ccc1-2.[C-]1=CC=CC1.[Cl-].[Cl-].[S]=[Zr+2]. The zero-order valence-corrected chi connectivity index (χ0v) is 21.0. The summed E-state index contributed by atoms with van der Waals surface area (Å²) in [5.74, 6) is 0. The van der Waals surface area contributed by atoms with E-state index in [-0.39, 0.29) is 24.8 Å². The van der Waals surface area contributed by atoms with Gasteiger partial charge in [-0.2, -0.15) is 30.3 Å². The Balaban J connectivity index is 0.000000351. The predicted octanol–water partition coefficient (Wildman–Crippen LogP) is 0.272. The first-order valence-electron chi connectivity index (χ1n) is 7.94. The number of benzene rings is 2. The minimum atomic E-state index is 0. The van der Waals surface area contributed by atoms with Gasteiger partial charge in [0.25, 0.3) is 0 Å². The Bertz CT molecular complexity index is 972. The summed E-state index contributed by atoms with van der Waals surface area (Å²) in [4.78, 5) is 0. The molecule has 2 aromatic carbocycles. The summed E-state index contributed by atoms with van der Waals surface area (Å²) >= 11 is 4.69. The average molecular weight is 556 g/mol. The molecule has 1 heterocycles. The quantitative estimate of drug-likeness (QED) is 0.282. The van der Waals surface area contributed by atoms with E-state index in [0.29, 0.717) is 0 Å². The molecular formula is C21H16BrCl2NSZr-2. The number of para-hydroxylation sites is 1. The fourth-order valence-electron chi connectivity index (χ4n) is 3.38. The average Bonchev–Trinajstić information content (AvgIpc) is 3.37. The van der Waals surface area contributed by atoms with Gasteiger partial charge < -0.3 is 29.4 Å². The molecular weight excluding hydrogens is 540 g/mol. The molecule has 0 spiro atoms. The molecule has 0 saturated heterocycles. The second-order valence-corrected chi connectivity index (χ2v) is 6.72. The molecule has 27 heavy (non-hydrogen) atoms. The summed E-state index contributed by atoms with van der Waals surface area (Å²) < 4.78 is 3.43. The van der Waals surface area contributed by atoms with Gasteiger partial charge in [0.2, 0.25) is 0 Å². The van der Waals surface area contributed by atoms with Crippen LogP contribution in [-0.2, 0) is 36.1 Å². The Morgan fingerprint density at radius 3 is 2.59 bits per heavy atom. The summed E-state index contributed by atoms with van der Waals surface area (Å²) in [7, 11) is 6.31. The molecule has 1 nitrogen and oxygen atoms in total. The molecule has 0 fully saturated rings. The summed E-state index contributed by atoms with van der Waals surface area (Å²) in [6.45, 7) is 0. The van der Waals surface area contributed by atoms with Gasteiger partial charge in [0.1, 0.15) is 0 Å². The number of hydrogen-bond acceptors (Lipinski definition) is 1. The van der Waals surface area contributed by atoms with Crippen molar-refractivity contribution in [2.75, 3.05) is 0 Å². The standard InChI is InChI=1S/C16H11BrN.C5H5.2ClH.S.Zr/c1-18-15-5-3-2-4-13(15)14-9-10-8-11(17)6-7-12(10)16(14)18;1-2-4-5-3-1;;;;/h2-4,6-8H,9H2,1H3;1-3H,4H2;2*1H;;/q2*-1;;;;+2/p-2. The van der Waals surface area contributed by atoms with E-state index in [1.807, 2.05) is 18.2 Å². The van der Waals surface area contributed by atoms with Crippen LogP contribution in [0.2, 0.25) is 0 Å². The van der Waals surface area contributed by atoms with E-state index in [4.69, 9.17) is 0 Å². The van der Waals surface area contributed by atoms with Crippen molar-refractivity contribution >= 4 is 35.7 Å². The third-order valence-corrected chi connectivity index (χ3v) is 4.88. The molecule has 2 aliphatic rings. The van der Waals surface area contributed by atoms with Gasteiger partial charge in [-0.3, -0.25) is 6.08 Å². The second-order valence-electron chi connectivity index (χ2n) is 5.80. The number of allylic oxidation sites excluding steroid dienone is 4.